The summed E-state index contributed by atoms with van der Waals surface area (Å²) in [6, 6.07) is 7.71. The molecule has 6 fully saturated rings. The summed E-state index contributed by atoms with van der Waals surface area (Å²) >= 11 is 0. The van der Waals surface area contributed by atoms with Crippen molar-refractivity contribution in [2.45, 2.75) is 113 Å². The Balaban J connectivity index is 1.04. The van der Waals surface area contributed by atoms with Gasteiger partial charge in [0.15, 0.2) is 11.6 Å². The fraction of sp³-hybridized carbons (Fsp3) is 0.656. The maximum absolute atomic E-state index is 14.0. The summed E-state index contributed by atoms with van der Waals surface area (Å²) in [4.78, 5) is 25.3. The van der Waals surface area contributed by atoms with Gasteiger partial charge >= 0.3 is 0 Å². The number of alkyl halides is 2. The van der Waals surface area contributed by atoms with Crippen LogP contribution in [0.4, 0.5) is 14.5 Å². The Bertz CT molecular complexity index is 1470. The van der Waals surface area contributed by atoms with Crippen molar-refractivity contribution in [3.8, 4) is 11.5 Å². The zero-order valence-electron chi connectivity index (χ0n) is 23.9. The standard InChI is InChI=1S/C32H37F2N5O3/c33-32(34)9-8-20(18-32)16-25(40)39(24-3-1-2-23(17-24)28-35-26(37-41-28)21-4-5-21)19-30-10-13-31(14-11-30,15-12-30)29-36-27(38-42-29)22-6-7-22/h1-3,17,20-22H,4-16,18-19H2. The highest BCUT2D eigenvalue weighted by Gasteiger charge is 2.53. The van der Waals surface area contributed by atoms with Gasteiger partial charge in [-0.1, -0.05) is 16.4 Å². The van der Waals surface area contributed by atoms with E-state index in [1.54, 1.807) is 0 Å². The Labute approximate surface area is 243 Å². The van der Waals surface area contributed by atoms with Gasteiger partial charge in [-0.2, -0.15) is 9.97 Å². The number of amides is 1. The normalized spacial score (nSPS) is 30.1. The fourth-order valence-electron chi connectivity index (χ4n) is 7.68. The number of carbonyl (C=O) groups is 1. The van der Waals surface area contributed by atoms with E-state index < -0.39 is 5.92 Å². The molecule has 0 spiro atoms. The van der Waals surface area contributed by atoms with Crippen LogP contribution in [-0.2, 0) is 10.2 Å². The number of aromatic nitrogens is 4. The maximum Gasteiger partial charge on any atom is 0.258 e. The minimum atomic E-state index is -2.67. The van der Waals surface area contributed by atoms with Gasteiger partial charge in [-0.15, -0.1) is 0 Å². The molecule has 1 aromatic carbocycles. The number of benzene rings is 1. The molecule has 0 saturated heterocycles. The summed E-state index contributed by atoms with van der Waals surface area (Å²) in [5.74, 6) is 0.644. The molecule has 2 bridgehead atoms. The van der Waals surface area contributed by atoms with Crippen molar-refractivity contribution in [3.63, 3.8) is 0 Å². The van der Waals surface area contributed by atoms with Crippen LogP contribution in [-0.4, -0.2) is 38.7 Å². The summed E-state index contributed by atoms with van der Waals surface area (Å²) in [6.45, 7) is 0.572. The van der Waals surface area contributed by atoms with Crippen molar-refractivity contribution in [2.75, 3.05) is 11.4 Å². The van der Waals surface area contributed by atoms with Gasteiger partial charge in [0.2, 0.25) is 17.7 Å². The molecule has 1 atom stereocenters. The monoisotopic (exact) mass is 577 g/mol. The van der Waals surface area contributed by atoms with Gasteiger partial charge in [0, 0.05) is 54.3 Å². The Morgan fingerprint density at radius 1 is 0.881 bits per heavy atom. The Kier molecular flexibility index (Phi) is 6.09. The first-order chi connectivity index (χ1) is 20.3. The summed E-state index contributed by atoms with van der Waals surface area (Å²) in [7, 11) is 0. The third kappa shape index (κ3) is 4.94. The zero-order chi connectivity index (χ0) is 28.5. The zero-order valence-corrected chi connectivity index (χ0v) is 23.9. The SMILES string of the molecule is O=C(CC1CCC(F)(F)C1)N(CC12CCC(c3nc(C4CC4)no3)(CC1)CC2)c1cccc(-c2nc(C3CC3)no2)c1. The highest BCUT2D eigenvalue weighted by Crippen LogP contribution is 2.58. The van der Waals surface area contributed by atoms with E-state index in [1.807, 2.05) is 29.2 Å². The minimum absolute atomic E-state index is 0.0317. The second kappa shape index (κ2) is 9.67. The summed E-state index contributed by atoms with van der Waals surface area (Å²) in [6.07, 6.45) is 10.4. The van der Waals surface area contributed by atoms with Gasteiger partial charge in [0.1, 0.15) is 0 Å². The second-order valence-corrected chi connectivity index (χ2v) is 13.9. The van der Waals surface area contributed by atoms with E-state index >= 15 is 0 Å². The van der Waals surface area contributed by atoms with Gasteiger partial charge in [-0.05, 0) is 100 Å². The van der Waals surface area contributed by atoms with Crippen molar-refractivity contribution in [1.82, 2.24) is 20.3 Å². The molecule has 6 saturated carbocycles. The van der Waals surface area contributed by atoms with Gasteiger partial charge in [0.25, 0.3) is 5.89 Å². The molecule has 1 amide bonds. The van der Waals surface area contributed by atoms with E-state index in [0.717, 1.165) is 93.0 Å². The van der Waals surface area contributed by atoms with E-state index in [1.165, 1.54) is 0 Å². The fourth-order valence-corrected chi connectivity index (χ4v) is 7.68. The lowest BCUT2D eigenvalue weighted by molar-refractivity contribution is -0.120. The van der Waals surface area contributed by atoms with Crippen molar-refractivity contribution in [3.05, 3.63) is 41.8 Å². The average Bonchev–Trinajstić information content (AvgIpc) is 3.90. The smallest absolute Gasteiger partial charge is 0.258 e. The van der Waals surface area contributed by atoms with Crippen LogP contribution >= 0.6 is 0 Å². The number of nitrogens with zero attached hydrogens (tertiary/aromatic N) is 5. The molecule has 42 heavy (non-hydrogen) atoms. The molecule has 1 unspecified atom stereocenters. The molecule has 6 aliphatic carbocycles. The molecular formula is C32H37F2N5O3. The first-order valence-electron chi connectivity index (χ1n) is 15.8. The van der Waals surface area contributed by atoms with E-state index in [0.29, 0.717) is 30.7 Å². The number of fused-ring (bicyclic) bond motifs is 3. The molecule has 2 aromatic heterocycles. The lowest BCUT2D eigenvalue weighted by atomic mass is 9.53. The van der Waals surface area contributed by atoms with Crippen LogP contribution in [0, 0.1) is 11.3 Å². The molecule has 0 N–H and O–H groups in total. The quantitative estimate of drug-likeness (QED) is 0.263. The van der Waals surface area contributed by atoms with Crippen molar-refractivity contribution >= 4 is 11.6 Å². The maximum atomic E-state index is 14.0. The predicted octanol–water partition coefficient (Wildman–Crippen LogP) is 7.33. The van der Waals surface area contributed by atoms with Crippen LogP contribution in [0.3, 0.4) is 0 Å². The number of halogens is 2. The first kappa shape index (κ1) is 26.5. The van der Waals surface area contributed by atoms with E-state index in [2.05, 4.69) is 15.3 Å². The number of rotatable bonds is 9. The summed E-state index contributed by atoms with van der Waals surface area (Å²) in [5, 5.41) is 8.45. The highest BCUT2D eigenvalue weighted by molar-refractivity contribution is 5.94. The lowest BCUT2D eigenvalue weighted by Crippen LogP contribution is -2.51. The van der Waals surface area contributed by atoms with Crippen LogP contribution < -0.4 is 4.90 Å². The molecule has 9 rings (SSSR count). The number of hydrogen-bond acceptors (Lipinski definition) is 7. The van der Waals surface area contributed by atoms with E-state index in [-0.39, 0.29) is 41.9 Å². The molecule has 10 heteroatoms. The largest absolute Gasteiger partial charge is 0.339 e. The summed E-state index contributed by atoms with van der Waals surface area (Å²) in [5.41, 5.74) is 1.43. The van der Waals surface area contributed by atoms with E-state index in [4.69, 9.17) is 14.0 Å². The lowest BCUT2D eigenvalue weighted by Gasteiger charge is -2.53. The van der Waals surface area contributed by atoms with E-state index in [9.17, 15) is 13.6 Å². The van der Waals surface area contributed by atoms with Gasteiger partial charge in [-0.25, -0.2) is 8.78 Å². The molecule has 3 aromatic rings. The van der Waals surface area contributed by atoms with Crippen LogP contribution in [0.5, 0.6) is 0 Å². The van der Waals surface area contributed by atoms with Gasteiger partial charge < -0.3 is 13.9 Å². The minimum Gasteiger partial charge on any atom is -0.339 e. The Morgan fingerprint density at radius 2 is 1.57 bits per heavy atom. The van der Waals surface area contributed by atoms with Crippen LogP contribution in [0.15, 0.2) is 33.3 Å². The molecule has 0 radical (unpaired) electrons. The van der Waals surface area contributed by atoms with Crippen LogP contribution in [0.2, 0.25) is 0 Å². The first-order valence-corrected chi connectivity index (χ1v) is 15.8. The van der Waals surface area contributed by atoms with Gasteiger partial charge in [0.05, 0.1) is 0 Å². The predicted molar refractivity (Wildman–Crippen MR) is 149 cm³/mol. The van der Waals surface area contributed by atoms with Crippen LogP contribution in [0.25, 0.3) is 11.5 Å². The third-order valence-corrected chi connectivity index (χ3v) is 10.8. The molecule has 2 heterocycles. The highest BCUT2D eigenvalue weighted by atomic mass is 19.3. The molecule has 222 valence electrons. The number of carbonyl (C=O) groups excluding carboxylic acids is 1. The third-order valence-electron chi connectivity index (χ3n) is 10.8. The summed E-state index contributed by atoms with van der Waals surface area (Å²) < 4.78 is 39.4. The molecule has 6 aliphatic rings. The van der Waals surface area contributed by atoms with Gasteiger partial charge in [-0.3, -0.25) is 4.79 Å². The second-order valence-electron chi connectivity index (χ2n) is 13.9. The number of hydrogen-bond donors (Lipinski definition) is 0. The topological polar surface area (TPSA) is 98.2 Å². The Morgan fingerprint density at radius 3 is 2.24 bits per heavy atom. The molecule has 0 aliphatic heterocycles. The molecule has 8 nitrogen and oxygen atoms in total. The van der Waals surface area contributed by atoms with Crippen molar-refractivity contribution < 1.29 is 22.6 Å². The average molecular weight is 578 g/mol. The van der Waals surface area contributed by atoms with Crippen molar-refractivity contribution in [1.29, 1.82) is 0 Å². The number of anilines is 1. The molecular weight excluding hydrogens is 540 g/mol. The van der Waals surface area contributed by atoms with Crippen molar-refractivity contribution in [2.24, 2.45) is 11.3 Å². The Hall–Kier alpha value is -3.17. The van der Waals surface area contributed by atoms with Crippen LogP contribution in [0.1, 0.15) is 119 Å².